The fourth-order valence-electron chi connectivity index (χ4n) is 2.02. The average molecular weight is 382 g/mol. The Hall–Kier alpha value is -3.48. The van der Waals surface area contributed by atoms with Crippen LogP contribution in [0, 0.1) is 25.2 Å². The van der Waals surface area contributed by atoms with Crippen molar-refractivity contribution in [2.24, 2.45) is 0 Å². The van der Waals surface area contributed by atoms with Gasteiger partial charge in [-0.2, -0.15) is 5.26 Å². The van der Waals surface area contributed by atoms with Gasteiger partial charge in [0, 0.05) is 5.56 Å². The quantitative estimate of drug-likeness (QED) is 0.795. The molecule has 10 heteroatoms. The van der Waals surface area contributed by atoms with Crippen molar-refractivity contribution in [3.05, 3.63) is 46.7 Å². The molecule has 0 saturated carbocycles. The summed E-state index contributed by atoms with van der Waals surface area (Å²) >= 11 is 0. The van der Waals surface area contributed by atoms with Crippen molar-refractivity contribution < 1.29 is 36.7 Å². The van der Waals surface area contributed by atoms with Crippen LogP contribution in [0.4, 0.5) is 19.1 Å². The molecule has 0 fully saturated rings. The Morgan fingerprint density at radius 3 is 2.41 bits per heavy atom. The van der Waals surface area contributed by atoms with Gasteiger partial charge >= 0.3 is 12.3 Å². The Bertz CT molecular complexity index is 895. The molecule has 1 aromatic heterocycles. The van der Waals surface area contributed by atoms with Gasteiger partial charge in [-0.15, -0.1) is 13.2 Å². The number of halogens is 3. The summed E-state index contributed by atoms with van der Waals surface area (Å²) in [6, 6.07) is 5.91. The van der Waals surface area contributed by atoms with Crippen LogP contribution >= 0.6 is 0 Å². The second kappa shape index (κ2) is 7.82. The molecule has 0 radical (unpaired) electrons. The largest absolute Gasteiger partial charge is 0.573 e. The molecule has 1 N–H and O–H groups in total. The maximum atomic E-state index is 12.1. The molecule has 1 aromatic carbocycles. The monoisotopic (exact) mass is 382 g/mol. The number of anilines is 1. The molecule has 7 nitrogen and oxygen atoms in total. The highest BCUT2D eigenvalue weighted by atomic mass is 19.4. The number of ether oxygens (including phenoxy) is 2. The number of esters is 1. The van der Waals surface area contributed by atoms with Crippen molar-refractivity contribution in [3.63, 3.8) is 0 Å². The minimum absolute atomic E-state index is 0.0535. The number of nitriles is 1. The summed E-state index contributed by atoms with van der Waals surface area (Å²) in [5.41, 5.74) is 0.665. The molecule has 0 spiro atoms. The molecule has 0 aliphatic carbocycles. The highest BCUT2D eigenvalue weighted by Crippen LogP contribution is 2.25. The van der Waals surface area contributed by atoms with Crippen LogP contribution in [-0.2, 0) is 9.53 Å². The van der Waals surface area contributed by atoms with E-state index in [0.29, 0.717) is 11.3 Å². The molecule has 27 heavy (non-hydrogen) atoms. The van der Waals surface area contributed by atoms with Crippen molar-refractivity contribution in [1.82, 2.24) is 0 Å². The van der Waals surface area contributed by atoms with Gasteiger partial charge in [0.2, 0.25) is 5.88 Å². The minimum atomic E-state index is -4.84. The molecule has 2 rings (SSSR count). The van der Waals surface area contributed by atoms with Crippen molar-refractivity contribution in [2.75, 3.05) is 11.9 Å². The zero-order valence-electron chi connectivity index (χ0n) is 14.1. The van der Waals surface area contributed by atoms with E-state index in [1.54, 1.807) is 13.8 Å². The standard InChI is InChI=1S/C17H13F3N2O5/c1-9-10(2)26-15(13(9)7-21)22-14(23)8-25-16(24)11-3-5-12(6-4-11)27-17(18,19)20/h3-6H,8H2,1-2H3,(H,22,23). The van der Waals surface area contributed by atoms with E-state index >= 15 is 0 Å². The summed E-state index contributed by atoms with van der Waals surface area (Å²) < 4.78 is 50.0. The second-order valence-corrected chi connectivity index (χ2v) is 5.30. The number of hydrogen-bond acceptors (Lipinski definition) is 6. The normalized spacial score (nSPS) is 10.8. The fraction of sp³-hybridized carbons (Fsp3) is 0.235. The number of amides is 1. The van der Waals surface area contributed by atoms with Crippen LogP contribution in [0.1, 0.15) is 27.2 Å². The number of nitrogens with one attached hydrogen (secondary N) is 1. The maximum Gasteiger partial charge on any atom is 0.573 e. The highest BCUT2D eigenvalue weighted by molar-refractivity contribution is 5.95. The van der Waals surface area contributed by atoms with Crippen LogP contribution in [0.15, 0.2) is 28.7 Å². The number of benzene rings is 1. The molecule has 1 heterocycles. The lowest BCUT2D eigenvalue weighted by atomic mass is 10.2. The Morgan fingerprint density at radius 1 is 1.22 bits per heavy atom. The predicted octanol–water partition coefficient (Wildman–Crippen LogP) is 3.46. The van der Waals surface area contributed by atoms with Crippen molar-refractivity contribution >= 4 is 17.8 Å². The van der Waals surface area contributed by atoms with Crippen LogP contribution in [0.5, 0.6) is 5.75 Å². The average Bonchev–Trinajstić information content (AvgIpc) is 2.85. The van der Waals surface area contributed by atoms with Gasteiger partial charge in [-0.05, 0) is 38.1 Å². The summed E-state index contributed by atoms with van der Waals surface area (Å²) in [5.74, 6) is -1.76. The first-order chi connectivity index (χ1) is 12.6. The van der Waals surface area contributed by atoms with E-state index in [2.05, 4.69) is 10.1 Å². The van der Waals surface area contributed by atoms with Crippen LogP contribution in [0.25, 0.3) is 0 Å². The third-order valence-electron chi connectivity index (χ3n) is 3.41. The molecule has 0 saturated heterocycles. The predicted molar refractivity (Wildman–Crippen MR) is 84.9 cm³/mol. The topological polar surface area (TPSA) is 102 Å². The summed E-state index contributed by atoms with van der Waals surface area (Å²) in [6.07, 6.45) is -4.84. The first kappa shape index (κ1) is 19.8. The van der Waals surface area contributed by atoms with Gasteiger partial charge in [-0.25, -0.2) is 4.79 Å². The molecule has 142 valence electrons. The molecule has 0 bridgehead atoms. The van der Waals surface area contributed by atoms with Gasteiger partial charge in [0.15, 0.2) is 6.61 Å². The van der Waals surface area contributed by atoms with E-state index < -0.39 is 30.6 Å². The van der Waals surface area contributed by atoms with Gasteiger partial charge in [-0.1, -0.05) is 0 Å². The van der Waals surface area contributed by atoms with Gasteiger partial charge in [0.1, 0.15) is 23.1 Å². The van der Waals surface area contributed by atoms with E-state index in [0.717, 1.165) is 24.3 Å². The third kappa shape index (κ3) is 5.24. The maximum absolute atomic E-state index is 12.1. The number of hydrogen-bond donors (Lipinski definition) is 1. The van der Waals surface area contributed by atoms with Crippen molar-refractivity contribution in [2.45, 2.75) is 20.2 Å². The van der Waals surface area contributed by atoms with Gasteiger partial charge in [0.25, 0.3) is 5.91 Å². The summed E-state index contributed by atoms with van der Waals surface area (Å²) in [6.45, 7) is 2.60. The molecule has 0 unspecified atom stereocenters. The molecule has 0 aliphatic heterocycles. The number of rotatable bonds is 5. The number of alkyl halides is 3. The van der Waals surface area contributed by atoms with Gasteiger partial charge < -0.3 is 13.9 Å². The van der Waals surface area contributed by atoms with E-state index in [-0.39, 0.29) is 17.0 Å². The molecule has 1 amide bonds. The Morgan fingerprint density at radius 2 is 1.85 bits per heavy atom. The van der Waals surface area contributed by atoms with E-state index in [1.165, 1.54) is 0 Å². The minimum Gasteiger partial charge on any atom is -0.452 e. The number of furan rings is 1. The van der Waals surface area contributed by atoms with Crippen LogP contribution < -0.4 is 10.1 Å². The summed E-state index contributed by atoms with van der Waals surface area (Å²) in [7, 11) is 0. The number of nitrogens with zero attached hydrogens (tertiary/aromatic N) is 1. The first-order valence-electron chi connectivity index (χ1n) is 7.43. The number of carbonyl (C=O) groups excluding carboxylic acids is 2. The highest BCUT2D eigenvalue weighted by Gasteiger charge is 2.31. The second-order valence-electron chi connectivity index (χ2n) is 5.30. The van der Waals surface area contributed by atoms with Crippen LogP contribution in [0.2, 0.25) is 0 Å². The van der Waals surface area contributed by atoms with Crippen LogP contribution in [-0.4, -0.2) is 24.8 Å². The molecular weight excluding hydrogens is 369 g/mol. The molecule has 0 atom stereocenters. The lowest BCUT2D eigenvalue weighted by Crippen LogP contribution is -2.21. The zero-order chi connectivity index (χ0) is 20.2. The third-order valence-corrected chi connectivity index (χ3v) is 3.41. The summed E-state index contributed by atoms with van der Waals surface area (Å²) in [4.78, 5) is 23.7. The Balaban J connectivity index is 1.93. The SMILES string of the molecule is Cc1oc(NC(=O)COC(=O)c2ccc(OC(F)(F)F)cc2)c(C#N)c1C. The Kier molecular flexibility index (Phi) is 5.75. The number of carbonyl (C=O) groups is 2. The van der Waals surface area contributed by atoms with E-state index in [9.17, 15) is 22.8 Å². The smallest absolute Gasteiger partial charge is 0.452 e. The fourth-order valence-corrected chi connectivity index (χ4v) is 2.02. The zero-order valence-corrected chi connectivity index (χ0v) is 14.1. The van der Waals surface area contributed by atoms with Gasteiger partial charge in [-0.3, -0.25) is 10.1 Å². The first-order valence-corrected chi connectivity index (χ1v) is 7.43. The lowest BCUT2D eigenvalue weighted by molar-refractivity contribution is -0.274. The summed E-state index contributed by atoms with van der Waals surface area (Å²) in [5, 5.41) is 11.4. The van der Waals surface area contributed by atoms with Crippen LogP contribution in [0.3, 0.4) is 0 Å². The Labute approximate surface area is 151 Å². The molecule has 0 aliphatic rings. The van der Waals surface area contributed by atoms with Crippen molar-refractivity contribution in [3.8, 4) is 11.8 Å². The van der Waals surface area contributed by atoms with Gasteiger partial charge in [0.05, 0.1) is 5.56 Å². The van der Waals surface area contributed by atoms with E-state index in [1.807, 2.05) is 6.07 Å². The lowest BCUT2D eigenvalue weighted by Gasteiger charge is -2.09. The number of aryl methyl sites for hydroxylation is 1. The molecule has 2 aromatic rings. The van der Waals surface area contributed by atoms with Crippen molar-refractivity contribution in [1.29, 1.82) is 5.26 Å². The van der Waals surface area contributed by atoms with E-state index in [4.69, 9.17) is 14.4 Å². The molecular formula is C17H13F3N2O5.